The molecule has 0 bridgehead atoms. The molecular formula is C30H35Cl2N3O5S. The van der Waals surface area contributed by atoms with E-state index in [0.717, 1.165) is 17.1 Å². The predicted octanol–water partition coefficient (Wildman–Crippen LogP) is 5.92. The largest absolute Gasteiger partial charge is 0.495 e. The van der Waals surface area contributed by atoms with Gasteiger partial charge in [-0.15, -0.1) is 0 Å². The Bertz CT molecular complexity index is 1440. The van der Waals surface area contributed by atoms with E-state index in [9.17, 15) is 18.0 Å². The molecule has 0 radical (unpaired) electrons. The molecular weight excluding hydrogens is 585 g/mol. The van der Waals surface area contributed by atoms with E-state index >= 15 is 0 Å². The van der Waals surface area contributed by atoms with Crippen LogP contribution in [0.1, 0.15) is 38.7 Å². The molecule has 0 unspecified atom stereocenters. The van der Waals surface area contributed by atoms with Crippen LogP contribution in [-0.2, 0) is 26.2 Å². The lowest BCUT2D eigenvalue weighted by atomic mass is 10.1. The number of carbonyl (C=O) groups is 2. The number of hydrogen-bond acceptors (Lipinski definition) is 5. The molecule has 0 aromatic heterocycles. The van der Waals surface area contributed by atoms with Crippen molar-refractivity contribution in [2.75, 3.05) is 24.5 Å². The lowest BCUT2D eigenvalue weighted by Gasteiger charge is -2.33. The first-order valence-electron chi connectivity index (χ1n) is 13.4. The fraction of sp³-hybridized carbons (Fsp3) is 0.333. The minimum absolute atomic E-state index is 0.00162. The zero-order valence-corrected chi connectivity index (χ0v) is 25.7. The van der Waals surface area contributed by atoms with Gasteiger partial charge in [0.05, 0.1) is 22.7 Å². The van der Waals surface area contributed by atoms with E-state index in [-0.39, 0.29) is 28.1 Å². The molecule has 0 aliphatic rings. The summed E-state index contributed by atoms with van der Waals surface area (Å²) in [6, 6.07) is 18.5. The third kappa shape index (κ3) is 8.15. The van der Waals surface area contributed by atoms with E-state index in [1.165, 1.54) is 42.3 Å². The van der Waals surface area contributed by atoms with Crippen LogP contribution in [-0.4, -0.2) is 51.4 Å². The van der Waals surface area contributed by atoms with E-state index in [1.807, 2.05) is 6.92 Å². The fourth-order valence-corrected chi connectivity index (χ4v) is 6.17. The number of nitrogens with zero attached hydrogens (tertiary/aromatic N) is 2. The maximum atomic E-state index is 14.1. The molecule has 3 rings (SSSR count). The lowest BCUT2D eigenvalue weighted by molar-refractivity contribution is -0.140. The Labute approximate surface area is 252 Å². The fourth-order valence-electron chi connectivity index (χ4n) is 4.29. The van der Waals surface area contributed by atoms with Gasteiger partial charge in [-0.2, -0.15) is 0 Å². The minimum atomic E-state index is -4.21. The molecule has 3 aromatic rings. The predicted molar refractivity (Wildman–Crippen MR) is 163 cm³/mol. The summed E-state index contributed by atoms with van der Waals surface area (Å²) in [6.45, 7) is 3.73. The molecule has 0 saturated carbocycles. The zero-order valence-electron chi connectivity index (χ0n) is 23.3. The van der Waals surface area contributed by atoms with Gasteiger partial charge in [-0.1, -0.05) is 79.9 Å². The SMILES string of the molecule is CCCCNC(=O)[C@H](CC)N(Cc1ccccc1Cl)C(=O)CN(c1ccc(OC)c(Cl)c1)S(=O)(=O)c1ccccc1. The number of halogens is 2. The molecule has 0 spiro atoms. The van der Waals surface area contributed by atoms with Gasteiger partial charge in [-0.05, 0) is 54.8 Å². The van der Waals surface area contributed by atoms with Crippen LogP contribution in [0, 0.1) is 0 Å². The van der Waals surface area contributed by atoms with Crippen LogP contribution in [0.4, 0.5) is 5.69 Å². The smallest absolute Gasteiger partial charge is 0.264 e. The second-order valence-corrected chi connectivity index (χ2v) is 12.0. The average molecular weight is 621 g/mol. The van der Waals surface area contributed by atoms with Crippen LogP contribution >= 0.6 is 23.2 Å². The van der Waals surface area contributed by atoms with E-state index in [4.69, 9.17) is 27.9 Å². The van der Waals surface area contributed by atoms with Gasteiger partial charge in [-0.25, -0.2) is 8.42 Å². The van der Waals surface area contributed by atoms with Crippen LogP contribution in [0.5, 0.6) is 5.75 Å². The van der Waals surface area contributed by atoms with Gasteiger partial charge < -0.3 is 15.0 Å². The highest BCUT2D eigenvalue weighted by molar-refractivity contribution is 7.92. The second-order valence-electron chi connectivity index (χ2n) is 9.33. The molecule has 220 valence electrons. The molecule has 8 nitrogen and oxygen atoms in total. The highest BCUT2D eigenvalue weighted by atomic mass is 35.5. The number of benzene rings is 3. The number of sulfonamides is 1. The summed E-state index contributed by atoms with van der Waals surface area (Å²) in [6.07, 6.45) is 2.01. The number of carbonyl (C=O) groups excluding carboxylic acids is 2. The summed E-state index contributed by atoms with van der Waals surface area (Å²) in [5.41, 5.74) is 0.804. The van der Waals surface area contributed by atoms with Crippen molar-refractivity contribution in [2.24, 2.45) is 0 Å². The first kappa shape index (κ1) is 32.2. The molecule has 41 heavy (non-hydrogen) atoms. The first-order chi connectivity index (χ1) is 19.6. The van der Waals surface area contributed by atoms with Crippen LogP contribution in [0.2, 0.25) is 10.0 Å². The van der Waals surface area contributed by atoms with Gasteiger partial charge in [0.15, 0.2) is 0 Å². The molecule has 3 aromatic carbocycles. The Balaban J connectivity index is 2.07. The van der Waals surface area contributed by atoms with Gasteiger partial charge in [0.25, 0.3) is 10.0 Å². The Morgan fingerprint density at radius 3 is 2.24 bits per heavy atom. The molecule has 1 atom stereocenters. The van der Waals surface area contributed by atoms with Gasteiger partial charge in [-0.3, -0.25) is 13.9 Å². The van der Waals surface area contributed by atoms with Gasteiger partial charge in [0.2, 0.25) is 11.8 Å². The Morgan fingerprint density at radius 1 is 0.951 bits per heavy atom. The summed E-state index contributed by atoms with van der Waals surface area (Å²) in [5.74, 6) is -0.533. The van der Waals surface area contributed by atoms with Crippen LogP contribution in [0.3, 0.4) is 0 Å². The van der Waals surface area contributed by atoms with Gasteiger partial charge >= 0.3 is 0 Å². The van der Waals surface area contributed by atoms with Crippen molar-refractivity contribution in [1.29, 1.82) is 0 Å². The number of amides is 2. The van der Waals surface area contributed by atoms with Crippen molar-refractivity contribution in [2.45, 2.75) is 50.6 Å². The maximum absolute atomic E-state index is 14.1. The summed E-state index contributed by atoms with van der Waals surface area (Å²) in [7, 11) is -2.76. The highest BCUT2D eigenvalue weighted by Gasteiger charge is 2.34. The second kappa shape index (κ2) is 15.1. The monoisotopic (exact) mass is 619 g/mol. The Kier molecular flexibility index (Phi) is 11.9. The van der Waals surface area contributed by atoms with E-state index < -0.39 is 28.5 Å². The van der Waals surface area contributed by atoms with Gasteiger partial charge in [0, 0.05) is 18.1 Å². The van der Waals surface area contributed by atoms with Gasteiger partial charge in [0.1, 0.15) is 18.3 Å². The van der Waals surface area contributed by atoms with Crippen molar-refractivity contribution in [1.82, 2.24) is 10.2 Å². The molecule has 0 heterocycles. The van der Waals surface area contributed by atoms with E-state index in [2.05, 4.69) is 5.32 Å². The topological polar surface area (TPSA) is 96.0 Å². The van der Waals surface area contributed by atoms with E-state index in [1.54, 1.807) is 49.4 Å². The third-order valence-corrected chi connectivity index (χ3v) is 9.00. The summed E-state index contributed by atoms with van der Waals surface area (Å²) >= 11 is 12.8. The van der Waals surface area contributed by atoms with Crippen molar-refractivity contribution in [3.63, 3.8) is 0 Å². The average Bonchev–Trinajstić information content (AvgIpc) is 2.97. The Morgan fingerprint density at radius 2 is 1.63 bits per heavy atom. The number of ether oxygens (including phenoxy) is 1. The normalized spacial score (nSPS) is 11.9. The van der Waals surface area contributed by atoms with Crippen molar-refractivity contribution in [3.8, 4) is 5.75 Å². The third-order valence-electron chi connectivity index (χ3n) is 6.55. The van der Waals surface area contributed by atoms with Crippen molar-refractivity contribution in [3.05, 3.63) is 88.4 Å². The van der Waals surface area contributed by atoms with E-state index in [0.29, 0.717) is 29.3 Å². The number of nitrogens with one attached hydrogen (secondary N) is 1. The lowest BCUT2D eigenvalue weighted by Crippen LogP contribution is -2.52. The quantitative estimate of drug-likeness (QED) is 0.226. The van der Waals surface area contributed by atoms with Crippen molar-refractivity contribution < 1.29 is 22.7 Å². The number of unbranched alkanes of at least 4 members (excludes halogenated alkanes) is 1. The summed E-state index contributed by atoms with van der Waals surface area (Å²) < 4.78 is 34.0. The standard InChI is InChI=1S/C30H35Cl2N3O5S/c1-4-6-18-33-30(37)27(5-2)34(20-22-12-10-11-15-25(22)31)29(36)21-35(23-16-17-28(40-3)26(32)19-23)41(38,39)24-13-8-7-9-14-24/h7-17,19,27H,4-6,18,20-21H2,1-3H3,(H,33,37)/t27-/m0/s1. The van der Waals surface area contributed by atoms with Crippen LogP contribution in [0.25, 0.3) is 0 Å². The molecule has 0 aliphatic carbocycles. The molecule has 0 fully saturated rings. The van der Waals surface area contributed by atoms with Crippen molar-refractivity contribution >= 4 is 50.7 Å². The molecule has 11 heteroatoms. The first-order valence-corrected chi connectivity index (χ1v) is 15.6. The minimum Gasteiger partial charge on any atom is -0.495 e. The molecule has 2 amide bonds. The number of methoxy groups -OCH3 is 1. The van der Waals surface area contributed by atoms with Crippen LogP contribution in [0.15, 0.2) is 77.7 Å². The van der Waals surface area contributed by atoms with Crippen LogP contribution < -0.4 is 14.4 Å². The zero-order chi connectivity index (χ0) is 30.0. The molecule has 0 aliphatic heterocycles. The summed E-state index contributed by atoms with van der Waals surface area (Å²) in [5, 5.41) is 3.52. The summed E-state index contributed by atoms with van der Waals surface area (Å²) in [4.78, 5) is 28.8. The number of hydrogen-bond donors (Lipinski definition) is 1. The number of anilines is 1. The maximum Gasteiger partial charge on any atom is 0.264 e. The molecule has 0 saturated heterocycles. The number of rotatable bonds is 14. The highest BCUT2D eigenvalue weighted by Crippen LogP contribution is 2.32. The Hall–Kier alpha value is -3.27. The molecule has 1 N–H and O–H groups in total.